The Kier molecular flexibility index (Phi) is 5.80. The third-order valence-electron chi connectivity index (χ3n) is 2.20. The van der Waals surface area contributed by atoms with Crippen LogP contribution >= 0.6 is 11.6 Å². The molecule has 0 aliphatic carbocycles. The molecular formula is C12H17ClN2O2. The van der Waals surface area contributed by atoms with Gasteiger partial charge in [-0.3, -0.25) is 4.79 Å². The number of benzene rings is 1. The number of halogens is 1. The number of ether oxygens (including phenoxy) is 1. The first kappa shape index (κ1) is 13.8. The highest BCUT2D eigenvalue weighted by Crippen LogP contribution is 2.22. The molecule has 0 aliphatic heterocycles. The Balaban J connectivity index is 2.49. The predicted octanol–water partition coefficient (Wildman–Crippen LogP) is 1.70. The van der Waals surface area contributed by atoms with Crippen LogP contribution in [0.1, 0.15) is 18.9 Å². The zero-order chi connectivity index (χ0) is 12.7. The smallest absolute Gasteiger partial charge is 0.223 e. The van der Waals surface area contributed by atoms with Gasteiger partial charge in [0.05, 0.1) is 13.0 Å². The molecule has 0 radical (unpaired) electrons. The molecular weight excluding hydrogens is 240 g/mol. The van der Waals surface area contributed by atoms with E-state index in [1.54, 1.807) is 18.2 Å². The van der Waals surface area contributed by atoms with Crippen LogP contribution in [-0.2, 0) is 11.3 Å². The number of carbonyl (C=O) groups is 1. The molecule has 0 aliphatic rings. The van der Waals surface area contributed by atoms with Crippen molar-refractivity contribution in [2.45, 2.75) is 19.9 Å². The first-order valence-corrected chi connectivity index (χ1v) is 5.93. The van der Waals surface area contributed by atoms with E-state index < -0.39 is 0 Å². The van der Waals surface area contributed by atoms with Crippen LogP contribution in [0.15, 0.2) is 18.2 Å². The highest BCUT2D eigenvalue weighted by Gasteiger charge is 2.05. The minimum absolute atomic E-state index is 0.0178. The fourth-order valence-electron chi connectivity index (χ4n) is 1.39. The number of nitrogens with one attached hydrogen (secondary N) is 1. The molecule has 0 aromatic heterocycles. The quantitative estimate of drug-likeness (QED) is 0.814. The van der Waals surface area contributed by atoms with Gasteiger partial charge in [-0.1, -0.05) is 11.6 Å². The summed E-state index contributed by atoms with van der Waals surface area (Å²) in [4.78, 5) is 11.2. The van der Waals surface area contributed by atoms with Crippen molar-refractivity contribution in [2.24, 2.45) is 5.73 Å². The average Bonchev–Trinajstić information content (AvgIpc) is 2.31. The third-order valence-corrected chi connectivity index (χ3v) is 2.44. The van der Waals surface area contributed by atoms with E-state index in [1.807, 2.05) is 6.92 Å². The SMILES string of the molecule is CCNC(=O)CCOc1ccc(Cl)cc1CN. The summed E-state index contributed by atoms with van der Waals surface area (Å²) in [6.07, 6.45) is 0.334. The summed E-state index contributed by atoms with van der Waals surface area (Å²) in [7, 11) is 0. The van der Waals surface area contributed by atoms with Gasteiger partial charge in [0, 0.05) is 23.7 Å². The molecule has 0 unspecified atom stereocenters. The normalized spacial score (nSPS) is 10.1. The van der Waals surface area contributed by atoms with Crippen LogP contribution in [-0.4, -0.2) is 19.1 Å². The molecule has 0 spiro atoms. The molecule has 1 rings (SSSR count). The summed E-state index contributed by atoms with van der Waals surface area (Å²) in [6, 6.07) is 5.27. The molecule has 4 nitrogen and oxygen atoms in total. The van der Waals surface area contributed by atoms with E-state index in [9.17, 15) is 4.79 Å². The van der Waals surface area contributed by atoms with Gasteiger partial charge < -0.3 is 15.8 Å². The fraction of sp³-hybridized carbons (Fsp3) is 0.417. The van der Waals surface area contributed by atoms with Gasteiger partial charge in [0.2, 0.25) is 5.91 Å². The van der Waals surface area contributed by atoms with Crippen LogP contribution in [0.5, 0.6) is 5.75 Å². The zero-order valence-corrected chi connectivity index (χ0v) is 10.6. The molecule has 17 heavy (non-hydrogen) atoms. The molecule has 0 atom stereocenters. The first-order chi connectivity index (χ1) is 8.17. The van der Waals surface area contributed by atoms with Crippen molar-refractivity contribution >= 4 is 17.5 Å². The second-order valence-electron chi connectivity index (χ2n) is 3.51. The maximum absolute atomic E-state index is 11.2. The van der Waals surface area contributed by atoms with Crippen molar-refractivity contribution in [3.05, 3.63) is 28.8 Å². The van der Waals surface area contributed by atoms with Gasteiger partial charge in [-0.15, -0.1) is 0 Å². The zero-order valence-electron chi connectivity index (χ0n) is 9.83. The Morgan fingerprint density at radius 1 is 1.53 bits per heavy atom. The van der Waals surface area contributed by atoms with Crippen LogP contribution in [0.2, 0.25) is 5.02 Å². The Bertz CT molecular complexity index is 383. The Labute approximate surface area is 106 Å². The number of nitrogens with two attached hydrogens (primary N) is 1. The number of hydrogen-bond acceptors (Lipinski definition) is 3. The molecule has 1 aromatic carbocycles. The largest absolute Gasteiger partial charge is 0.493 e. The third kappa shape index (κ3) is 4.63. The Hall–Kier alpha value is -1.26. The van der Waals surface area contributed by atoms with Gasteiger partial charge in [-0.25, -0.2) is 0 Å². The topological polar surface area (TPSA) is 64.3 Å². The van der Waals surface area contributed by atoms with E-state index in [0.29, 0.717) is 36.9 Å². The van der Waals surface area contributed by atoms with Crippen LogP contribution in [0, 0.1) is 0 Å². The van der Waals surface area contributed by atoms with E-state index in [0.717, 1.165) is 5.56 Å². The minimum Gasteiger partial charge on any atom is -0.493 e. The number of amides is 1. The summed E-state index contributed by atoms with van der Waals surface area (Å²) < 4.78 is 5.50. The Morgan fingerprint density at radius 3 is 2.94 bits per heavy atom. The molecule has 0 saturated heterocycles. The van der Waals surface area contributed by atoms with Crippen molar-refractivity contribution in [1.29, 1.82) is 0 Å². The predicted molar refractivity (Wildman–Crippen MR) is 68.1 cm³/mol. The summed E-state index contributed by atoms with van der Waals surface area (Å²) in [5.74, 6) is 0.664. The van der Waals surface area contributed by atoms with Gasteiger partial charge in [0.25, 0.3) is 0 Å². The molecule has 0 saturated carbocycles. The molecule has 1 aromatic rings. The lowest BCUT2D eigenvalue weighted by Crippen LogP contribution is -2.24. The van der Waals surface area contributed by atoms with Crippen molar-refractivity contribution in [2.75, 3.05) is 13.2 Å². The molecule has 0 bridgehead atoms. The highest BCUT2D eigenvalue weighted by atomic mass is 35.5. The summed E-state index contributed by atoms with van der Waals surface area (Å²) >= 11 is 5.85. The van der Waals surface area contributed by atoms with Gasteiger partial charge in [-0.2, -0.15) is 0 Å². The molecule has 3 N–H and O–H groups in total. The lowest BCUT2D eigenvalue weighted by molar-refractivity contribution is -0.121. The van der Waals surface area contributed by atoms with Crippen molar-refractivity contribution < 1.29 is 9.53 Å². The van der Waals surface area contributed by atoms with Gasteiger partial charge in [0.1, 0.15) is 5.75 Å². The monoisotopic (exact) mass is 256 g/mol. The molecule has 0 fully saturated rings. The molecule has 5 heteroatoms. The van der Waals surface area contributed by atoms with Gasteiger partial charge in [0.15, 0.2) is 0 Å². The fourth-order valence-corrected chi connectivity index (χ4v) is 1.58. The maximum atomic E-state index is 11.2. The lowest BCUT2D eigenvalue weighted by Gasteiger charge is -2.10. The summed E-state index contributed by atoms with van der Waals surface area (Å²) in [5, 5.41) is 3.33. The van der Waals surface area contributed by atoms with E-state index in [2.05, 4.69) is 5.32 Å². The van der Waals surface area contributed by atoms with Crippen LogP contribution in [0.4, 0.5) is 0 Å². The molecule has 94 valence electrons. The first-order valence-electron chi connectivity index (χ1n) is 5.55. The van der Waals surface area contributed by atoms with E-state index in [1.165, 1.54) is 0 Å². The van der Waals surface area contributed by atoms with Crippen LogP contribution < -0.4 is 15.8 Å². The van der Waals surface area contributed by atoms with Crippen molar-refractivity contribution in [3.63, 3.8) is 0 Å². The Morgan fingerprint density at radius 2 is 2.29 bits per heavy atom. The molecule has 1 amide bonds. The van der Waals surface area contributed by atoms with E-state index >= 15 is 0 Å². The van der Waals surface area contributed by atoms with Crippen LogP contribution in [0.3, 0.4) is 0 Å². The number of rotatable bonds is 6. The number of carbonyl (C=O) groups excluding carboxylic acids is 1. The van der Waals surface area contributed by atoms with Gasteiger partial charge >= 0.3 is 0 Å². The minimum atomic E-state index is -0.0178. The maximum Gasteiger partial charge on any atom is 0.223 e. The van der Waals surface area contributed by atoms with E-state index in [-0.39, 0.29) is 5.91 Å². The van der Waals surface area contributed by atoms with Crippen molar-refractivity contribution in [3.8, 4) is 5.75 Å². The van der Waals surface area contributed by atoms with E-state index in [4.69, 9.17) is 22.1 Å². The second-order valence-corrected chi connectivity index (χ2v) is 3.94. The lowest BCUT2D eigenvalue weighted by atomic mass is 10.2. The summed E-state index contributed by atoms with van der Waals surface area (Å²) in [6.45, 7) is 3.20. The highest BCUT2D eigenvalue weighted by molar-refractivity contribution is 6.30. The standard InChI is InChI=1S/C12H17ClN2O2/c1-2-15-12(16)5-6-17-11-4-3-10(13)7-9(11)8-14/h3-4,7H,2,5-6,8,14H2,1H3,(H,15,16). The van der Waals surface area contributed by atoms with Crippen LogP contribution in [0.25, 0.3) is 0 Å². The second kappa shape index (κ2) is 7.14. The summed E-state index contributed by atoms with van der Waals surface area (Å²) in [5.41, 5.74) is 6.42. The van der Waals surface area contributed by atoms with Gasteiger partial charge in [-0.05, 0) is 25.1 Å². The molecule has 0 heterocycles. The average molecular weight is 257 g/mol. The van der Waals surface area contributed by atoms with Crippen molar-refractivity contribution in [1.82, 2.24) is 5.32 Å². The number of hydrogen-bond donors (Lipinski definition) is 2.